The van der Waals surface area contributed by atoms with Gasteiger partial charge >= 0.3 is 0 Å². The van der Waals surface area contributed by atoms with Gasteiger partial charge in [-0.2, -0.15) is 0 Å². The average Bonchev–Trinajstić information content (AvgIpc) is 2.46. The second-order valence-corrected chi connectivity index (χ2v) is 4.91. The van der Waals surface area contributed by atoms with Crippen LogP contribution in [-0.2, 0) is 5.41 Å². The van der Waals surface area contributed by atoms with Crippen molar-refractivity contribution in [2.24, 2.45) is 0 Å². The Bertz CT molecular complexity index is 466. The van der Waals surface area contributed by atoms with Crippen LogP contribution in [-0.4, -0.2) is 9.97 Å². The van der Waals surface area contributed by atoms with E-state index in [0.717, 1.165) is 11.0 Å². The van der Waals surface area contributed by atoms with E-state index in [9.17, 15) is 0 Å². The maximum Gasteiger partial charge on any atom is 0.106 e. The molecule has 0 amide bonds. The fraction of sp³-hybridized carbons (Fsp3) is 0.364. The van der Waals surface area contributed by atoms with Crippen LogP contribution in [0.1, 0.15) is 26.3 Å². The molecule has 1 N–H and O–H groups in total. The molecule has 0 unspecified atom stereocenters. The molecule has 0 bridgehead atoms. The molecule has 0 saturated heterocycles. The third kappa shape index (κ3) is 1.50. The minimum atomic E-state index is 0.124. The molecular weight excluding hydrogens is 196 g/mol. The van der Waals surface area contributed by atoms with E-state index in [0.29, 0.717) is 5.02 Å². The highest BCUT2D eigenvalue weighted by Crippen LogP contribution is 2.26. The van der Waals surface area contributed by atoms with Gasteiger partial charge in [0.1, 0.15) is 5.52 Å². The maximum atomic E-state index is 5.95. The summed E-state index contributed by atoms with van der Waals surface area (Å²) in [5.74, 6) is 0. The van der Waals surface area contributed by atoms with Crippen LogP contribution < -0.4 is 0 Å². The van der Waals surface area contributed by atoms with E-state index in [4.69, 9.17) is 11.6 Å². The third-order valence-electron chi connectivity index (χ3n) is 2.33. The van der Waals surface area contributed by atoms with Crippen molar-refractivity contribution >= 4 is 22.6 Å². The lowest BCUT2D eigenvalue weighted by Gasteiger charge is -2.18. The molecule has 0 aliphatic carbocycles. The summed E-state index contributed by atoms with van der Waals surface area (Å²) in [7, 11) is 0. The minimum absolute atomic E-state index is 0.124. The van der Waals surface area contributed by atoms with E-state index in [-0.39, 0.29) is 5.41 Å². The fourth-order valence-corrected chi connectivity index (χ4v) is 1.59. The minimum Gasteiger partial charge on any atom is -0.358 e. The standard InChI is InChI=1S/C11H13ClN2/c1-11(2,3)7-4-9-10(14-5-7)8(12)6-13-9/h4-6,13H,1-3H3. The van der Waals surface area contributed by atoms with Crippen LogP contribution in [0.15, 0.2) is 18.5 Å². The SMILES string of the molecule is CC(C)(C)c1cnc2c(Cl)c[nH]c2c1. The Balaban J connectivity index is 2.63. The number of fused-ring (bicyclic) bond motifs is 1. The smallest absolute Gasteiger partial charge is 0.106 e. The highest BCUT2D eigenvalue weighted by Gasteiger charge is 2.15. The molecule has 14 heavy (non-hydrogen) atoms. The molecule has 0 spiro atoms. The number of nitrogens with one attached hydrogen (secondary N) is 1. The number of halogens is 1. The molecule has 2 rings (SSSR count). The van der Waals surface area contributed by atoms with Crippen LogP contribution in [0.25, 0.3) is 11.0 Å². The summed E-state index contributed by atoms with van der Waals surface area (Å²) in [5.41, 5.74) is 3.18. The maximum absolute atomic E-state index is 5.95. The van der Waals surface area contributed by atoms with Crippen molar-refractivity contribution in [1.82, 2.24) is 9.97 Å². The topological polar surface area (TPSA) is 28.7 Å². The van der Waals surface area contributed by atoms with Gasteiger partial charge < -0.3 is 4.98 Å². The van der Waals surface area contributed by atoms with Crippen LogP contribution in [0.4, 0.5) is 0 Å². The van der Waals surface area contributed by atoms with Crippen LogP contribution >= 0.6 is 11.6 Å². The first-order valence-electron chi connectivity index (χ1n) is 4.61. The molecule has 3 heteroatoms. The Kier molecular flexibility index (Phi) is 2.04. The van der Waals surface area contributed by atoms with Gasteiger partial charge in [0.25, 0.3) is 0 Å². The number of H-pyrrole nitrogens is 1. The molecule has 74 valence electrons. The quantitative estimate of drug-likeness (QED) is 0.705. The number of hydrogen-bond acceptors (Lipinski definition) is 1. The monoisotopic (exact) mass is 208 g/mol. The summed E-state index contributed by atoms with van der Waals surface area (Å²) in [6.45, 7) is 6.50. The predicted molar refractivity (Wildman–Crippen MR) is 59.8 cm³/mol. The van der Waals surface area contributed by atoms with Crippen LogP contribution in [0.5, 0.6) is 0 Å². The Hall–Kier alpha value is -1.02. The van der Waals surface area contributed by atoms with Crippen molar-refractivity contribution in [3.63, 3.8) is 0 Å². The van der Waals surface area contributed by atoms with E-state index in [1.54, 1.807) is 6.20 Å². The molecule has 0 aliphatic rings. The van der Waals surface area contributed by atoms with Crippen LogP contribution in [0, 0.1) is 0 Å². The fourth-order valence-electron chi connectivity index (χ4n) is 1.38. The number of aromatic amines is 1. The first-order valence-corrected chi connectivity index (χ1v) is 4.99. The van der Waals surface area contributed by atoms with Gasteiger partial charge in [0.15, 0.2) is 0 Å². The first-order chi connectivity index (χ1) is 6.48. The van der Waals surface area contributed by atoms with Gasteiger partial charge in [-0.1, -0.05) is 32.4 Å². The Morgan fingerprint density at radius 2 is 2.07 bits per heavy atom. The molecule has 0 aliphatic heterocycles. The van der Waals surface area contributed by atoms with Crippen molar-refractivity contribution in [3.8, 4) is 0 Å². The number of nitrogens with zero attached hydrogens (tertiary/aromatic N) is 1. The number of aromatic nitrogens is 2. The average molecular weight is 209 g/mol. The largest absolute Gasteiger partial charge is 0.358 e. The van der Waals surface area contributed by atoms with Crippen LogP contribution in [0.2, 0.25) is 5.02 Å². The molecule has 0 atom stereocenters. The van der Waals surface area contributed by atoms with E-state index >= 15 is 0 Å². The Morgan fingerprint density at radius 1 is 1.36 bits per heavy atom. The first kappa shape index (κ1) is 9.53. The third-order valence-corrected chi connectivity index (χ3v) is 2.62. The zero-order valence-electron chi connectivity index (χ0n) is 8.56. The Labute approximate surface area is 88.3 Å². The molecule has 2 aromatic rings. The summed E-state index contributed by atoms with van der Waals surface area (Å²) in [6, 6.07) is 2.11. The summed E-state index contributed by atoms with van der Waals surface area (Å²) >= 11 is 5.95. The van der Waals surface area contributed by atoms with E-state index in [1.165, 1.54) is 5.56 Å². The van der Waals surface area contributed by atoms with E-state index in [2.05, 4.69) is 36.8 Å². The molecule has 0 aromatic carbocycles. The number of pyridine rings is 1. The lowest BCUT2D eigenvalue weighted by atomic mass is 9.88. The zero-order chi connectivity index (χ0) is 10.3. The molecular formula is C11H13ClN2. The number of rotatable bonds is 0. The second kappa shape index (κ2) is 2.99. The zero-order valence-corrected chi connectivity index (χ0v) is 9.31. The van der Waals surface area contributed by atoms with Gasteiger partial charge in [-0.3, -0.25) is 4.98 Å². The van der Waals surface area contributed by atoms with E-state index in [1.807, 2.05) is 6.20 Å². The molecule has 2 nitrogen and oxygen atoms in total. The van der Waals surface area contributed by atoms with Crippen molar-refractivity contribution in [3.05, 3.63) is 29.0 Å². The van der Waals surface area contributed by atoms with Crippen molar-refractivity contribution in [1.29, 1.82) is 0 Å². The lowest BCUT2D eigenvalue weighted by molar-refractivity contribution is 0.588. The van der Waals surface area contributed by atoms with Crippen molar-refractivity contribution in [2.45, 2.75) is 26.2 Å². The molecule has 0 saturated carbocycles. The van der Waals surface area contributed by atoms with Gasteiger partial charge in [-0.05, 0) is 17.0 Å². The number of hydrogen-bond donors (Lipinski definition) is 1. The van der Waals surface area contributed by atoms with Gasteiger partial charge in [0.2, 0.25) is 0 Å². The van der Waals surface area contributed by atoms with Gasteiger partial charge in [-0.25, -0.2) is 0 Å². The molecule has 2 aromatic heterocycles. The van der Waals surface area contributed by atoms with Gasteiger partial charge in [0.05, 0.1) is 10.5 Å². The highest BCUT2D eigenvalue weighted by molar-refractivity contribution is 6.35. The molecule has 0 fully saturated rings. The highest BCUT2D eigenvalue weighted by atomic mass is 35.5. The molecule has 2 heterocycles. The Morgan fingerprint density at radius 3 is 2.71 bits per heavy atom. The summed E-state index contributed by atoms with van der Waals surface area (Å²) in [4.78, 5) is 7.45. The van der Waals surface area contributed by atoms with Gasteiger partial charge in [-0.15, -0.1) is 0 Å². The van der Waals surface area contributed by atoms with Crippen LogP contribution in [0.3, 0.4) is 0 Å². The predicted octanol–water partition coefficient (Wildman–Crippen LogP) is 3.51. The summed E-state index contributed by atoms with van der Waals surface area (Å²) in [6.07, 6.45) is 3.66. The van der Waals surface area contributed by atoms with Crippen molar-refractivity contribution in [2.75, 3.05) is 0 Å². The normalized spacial score (nSPS) is 12.3. The second-order valence-electron chi connectivity index (χ2n) is 4.51. The van der Waals surface area contributed by atoms with Gasteiger partial charge in [0, 0.05) is 12.4 Å². The lowest BCUT2D eigenvalue weighted by Crippen LogP contribution is -2.11. The molecule has 0 radical (unpaired) electrons. The summed E-state index contributed by atoms with van der Waals surface area (Å²) in [5, 5.41) is 0.681. The van der Waals surface area contributed by atoms with E-state index < -0.39 is 0 Å². The summed E-state index contributed by atoms with van der Waals surface area (Å²) < 4.78 is 0. The van der Waals surface area contributed by atoms with Crippen molar-refractivity contribution < 1.29 is 0 Å².